The zero-order valence-electron chi connectivity index (χ0n) is 15.6. The highest BCUT2D eigenvalue weighted by molar-refractivity contribution is 7.17. The van der Waals surface area contributed by atoms with Gasteiger partial charge in [-0.15, -0.1) is 11.3 Å². The van der Waals surface area contributed by atoms with Crippen molar-refractivity contribution >= 4 is 34.1 Å². The van der Waals surface area contributed by atoms with Crippen molar-refractivity contribution in [3.05, 3.63) is 28.2 Å². The molecule has 28 heavy (non-hydrogen) atoms. The molecule has 148 valence electrons. The molecular weight excluding hydrogens is 376 g/mol. The maximum absolute atomic E-state index is 13.1. The van der Waals surface area contributed by atoms with Gasteiger partial charge in [0.05, 0.1) is 17.4 Å². The molecule has 2 fully saturated rings. The van der Waals surface area contributed by atoms with Gasteiger partial charge in [-0.3, -0.25) is 14.4 Å². The van der Waals surface area contributed by atoms with Gasteiger partial charge in [0.1, 0.15) is 5.00 Å². The average molecular weight is 401 g/mol. The number of hydrogen-bond donors (Lipinski definition) is 3. The van der Waals surface area contributed by atoms with Crippen LogP contribution in [0.25, 0.3) is 0 Å². The maximum Gasteiger partial charge on any atom is 0.307 e. The predicted molar refractivity (Wildman–Crippen MR) is 105 cm³/mol. The van der Waals surface area contributed by atoms with Crippen molar-refractivity contribution in [2.75, 3.05) is 5.32 Å². The minimum atomic E-state index is -0.908. The van der Waals surface area contributed by atoms with E-state index < -0.39 is 17.8 Å². The molecule has 1 aromatic rings. The molecule has 4 aliphatic carbocycles. The van der Waals surface area contributed by atoms with Gasteiger partial charge in [0.25, 0.3) is 5.91 Å². The number of carboxylic acid groups (broad SMARTS) is 1. The number of carbonyl (C=O) groups excluding carboxylic acids is 2. The molecule has 0 aromatic carbocycles. The van der Waals surface area contributed by atoms with Crippen LogP contribution < -0.4 is 10.6 Å². The molecule has 1 heterocycles. The van der Waals surface area contributed by atoms with Crippen molar-refractivity contribution in [3.8, 4) is 0 Å². The van der Waals surface area contributed by atoms with E-state index in [1.165, 1.54) is 16.2 Å². The van der Waals surface area contributed by atoms with E-state index in [0.29, 0.717) is 10.6 Å². The third-order valence-corrected chi connectivity index (χ3v) is 7.80. The Morgan fingerprint density at radius 2 is 1.75 bits per heavy atom. The highest BCUT2D eigenvalue weighted by atomic mass is 32.1. The number of carboxylic acids is 1. The van der Waals surface area contributed by atoms with E-state index >= 15 is 0 Å². The Kier molecular flexibility index (Phi) is 4.30. The summed E-state index contributed by atoms with van der Waals surface area (Å²) in [7, 11) is 0. The molecule has 3 N–H and O–H groups in total. The van der Waals surface area contributed by atoms with Gasteiger partial charge in [0.15, 0.2) is 0 Å². The lowest BCUT2D eigenvalue weighted by Gasteiger charge is -2.23. The zero-order valence-corrected chi connectivity index (χ0v) is 16.4. The van der Waals surface area contributed by atoms with Crippen molar-refractivity contribution in [2.45, 2.75) is 51.0 Å². The Morgan fingerprint density at radius 3 is 2.46 bits per heavy atom. The summed E-state index contributed by atoms with van der Waals surface area (Å²) in [6.45, 7) is 0. The molecule has 0 spiro atoms. The third-order valence-electron chi connectivity index (χ3n) is 6.59. The number of anilines is 1. The van der Waals surface area contributed by atoms with Gasteiger partial charge in [-0.2, -0.15) is 0 Å². The van der Waals surface area contributed by atoms with Crippen LogP contribution in [0.4, 0.5) is 5.00 Å². The minimum absolute atomic E-state index is 0.0237. The molecular formula is C21H24N2O4S. The number of hydrogen-bond acceptors (Lipinski definition) is 4. The van der Waals surface area contributed by atoms with Crippen LogP contribution in [-0.4, -0.2) is 28.9 Å². The normalized spacial score (nSPS) is 30.1. The quantitative estimate of drug-likeness (QED) is 0.662. The summed E-state index contributed by atoms with van der Waals surface area (Å²) in [4.78, 5) is 38.9. The Hall–Kier alpha value is -2.15. The first-order valence-electron chi connectivity index (χ1n) is 10.2. The fourth-order valence-electron chi connectivity index (χ4n) is 5.09. The van der Waals surface area contributed by atoms with Crippen LogP contribution in [-0.2, 0) is 22.4 Å². The Balaban J connectivity index is 1.43. The van der Waals surface area contributed by atoms with E-state index in [4.69, 9.17) is 0 Å². The summed E-state index contributed by atoms with van der Waals surface area (Å²) in [6, 6.07) is 0.252. The molecule has 4 aliphatic rings. The lowest BCUT2D eigenvalue weighted by atomic mass is 9.82. The fraction of sp³-hybridized carbons (Fsp3) is 0.571. The van der Waals surface area contributed by atoms with Crippen LogP contribution in [0.3, 0.4) is 0 Å². The van der Waals surface area contributed by atoms with Crippen molar-refractivity contribution in [1.29, 1.82) is 0 Å². The van der Waals surface area contributed by atoms with Crippen molar-refractivity contribution in [2.24, 2.45) is 23.7 Å². The van der Waals surface area contributed by atoms with Crippen molar-refractivity contribution in [3.63, 3.8) is 0 Å². The number of rotatable bonds is 5. The van der Waals surface area contributed by atoms with E-state index in [2.05, 4.69) is 10.6 Å². The summed E-state index contributed by atoms with van der Waals surface area (Å²) in [5.41, 5.74) is 1.69. The van der Waals surface area contributed by atoms with Crippen LogP contribution >= 0.6 is 11.3 Å². The van der Waals surface area contributed by atoms with Gasteiger partial charge < -0.3 is 15.7 Å². The topological polar surface area (TPSA) is 95.5 Å². The molecule has 0 unspecified atom stereocenters. The molecule has 2 bridgehead atoms. The monoisotopic (exact) mass is 400 g/mol. The van der Waals surface area contributed by atoms with Crippen molar-refractivity contribution in [1.82, 2.24) is 5.32 Å². The van der Waals surface area contributed by atoms with E-state index in [-0.39, 0.29) is 29.7 Å². The molecule has 2 saturated carbocycles. The second-order valence-electron chi connectivity index (χ2n) is 8.49. The first-order chi connectivity index (χ1) is 13.5. The second-order valence-corrected chi connectivity index (χ2v) is 9.60. The van der Waals surface area contributed by atoms with Crippen LogP contribution in [0.1, 0.15) is 52.9 Å². The molecule has 4 atom stereocenters. The predicted octanol–water partition coefficient (Wildman–Crippen LogP) is 2.98. The fourth-order valence-corrected chi connectivity index (χ4v) is 6.38. The summed E-state index contributed by atoms with van der Waals surface area (Å²) in [5.74, 6) is -2.59. The summed E-state index contributed by atoms with van der Waals surface area (Å²) in [6.07, 6.45) is 10.6. The molecule has 0 radical (unpaired) electrons. The van der Waals surface area contributed by atoms with Crippen LogP contribution in [0, 0.1) is 23.7 Å². The van der Waals surface area contributed by atoms with E-state index in [1.54, 1.807) is 0 Å². The Morgan fingerprint density at radius 1 is 1.04 bits per heavy atom. The number of thiophene rings is 1. The average Bonchev–Trinajstić information content (AvgIpc) is 3.10. The lowest BCUT2D eigenvalue weighted by molar-refractivity contribution is -0.146. The molecule has 0 saturated heterocycles. The number of aryl methyl sites for hydroxylation is 1. The standard InChI is InChI=1S/C21H24N2O4S/c24-18(15-10-5-6-11(9-10)16(15)21(26)27)23-20-17(19(25)22-12-7-8-12)13-3-1-2-4-14(13)28-20/h5-6,10-12,15-16H,1-4,7-9H2,(H,22,25)(H,23,24)(H,26,27)/t10-,11-,15+,16+/m0/s1. The van der Waals surface area contributed by atoms with Gasteiger partial charge in [0.2, 0.25) is 5.91 Å². The van der Waals surface area contributed by atoms with Gasteiger partial charge in [0, 0.05) is 10.9 Å². The lowest BCUT2D eigenvalue weighted by Crippen LogP contribution is -2.36. The number of aliphatic carboxylic acids is 1. The molecule has 1 aromatic heterocycles. The largest absolute Gasteiger partial charge is 0.481 e. The summed E-state index contributed by atoms with van der Waals surface area (Å²) < 4.78 is 0. The molecule has 7 heteroatoms. The number of allylic oxidation sites excluding steroid dienone is 2. The first-order valence-corrected chi connectivity index (χ1v) is 11.0. The number of nitrogens with one attached hydrogen (secondary N) is 2. The highest BCUT2D eigenvalue weighted by Crippen LogP contribution is 2.49. The summed E-state index contributed by atoms with van der Waals surface area (Å²) in [5, 5.41) is 16.3. The molecule has 0 aliphatic heterocycles. The SMILES string of the molecule is O=C(NC1CC1)c1c(NC(=O)[C@H]2[C@H](C(=O)O)[C@H]3C=C[C@H]2C3)sc2c1CCCC2. The molecule has 2 amide bonds. The zero-order chi connectivity index (χ0) is 19.4. The van der Waals surface area contributed by atoms with Gasteiger partial charge >= 0.3 is 5.97 Å². The number of carbonyl (C=O) groups is 3. The minimum Gasteiger partial charge on any atom is -0.481 e. The van der Waals surface area contributed by atoms with Gasteiger partial charge in [-0.25, -0.2) is 0 Å². The number of amides is 2. The second kappa shape index (κ2) is 6.72. The van der Waals surface area contributed by atoms with Gasteiger partial charge in [-0.05, 0) is 62.3 Å². The van der Waals surface area contributed by atoms with E-state index in [0.717, 1.165) is 50.5 Å². The smallest absolute Gasteiger partial charge is 0.307 e. The highest BCUT2D eigenvalue weighted by Gasteiger charge is 2.51. The van der Waals surface area contributed by atoms with Crippen molar-refractivity contribution < 1.29 is 19.5 Å². The maximum atomic E-state index is 13.1. The van der Waals surface area contributed by atoms with E-state index in [1.807, 2.05) is 12.2 Å². The summed E-state index contributed by atoms with van der Waals surface area (Å²) >= 11 is 1.50. The Bertz CT molecular complexity index is 885. The van der Waals surface area contributed by atoms with Crippen LogP contribution in [0.15, 0.2) is 12.2 Å². The molecule has 5 rings (SSSR count). The number of fused-ring (bicyclic) bond motifs is 3. The Labute approximate surface area is 167 Å². The van der Waals surface area contributed by atoms with Gasteiger partial charge in [-0.1, -0.05) is 12.2 Å². The molecule has 6 nitrogen and oxygen atoms in total. The first kappa shape index (κ1) is 17.9. The van der Waals surface area contributed by atoms with Crippen LogP contribution in [0.2, 0.25) is 0 Å². The van der Waals surface area contributed by atoms with E-state index in [9.17, 15) is 19.5 Å². The third kappa shape index (κ3) is 2.96. The van der Waals surface area contributed by atoms with Crippen LogP contribution in [0.5, 0.6) is 0 Å².